The average Bonchev–Trinajstić information content (AvgIpc) is 2.94. The summed E-state index contributed by atoms with van der Waals surface area (Å²) < 4.78 is 5.48. The molecule has 4 atom stereocenters. The van der Waals surface area contributed by atoms with E-state index in [1.807, 2.05) is 7.11 Å². The van der Waals surface area contributed by atoms with Gasteiger partial charge >= 0.3 is 0 Å². The number of ether oxygens (including phenoxy) is 1. The molecule has 4 aliphatic rings. The molecular weight excluding hydrogens is 236 g/mol. The highest BCUT2D eigenvalue weighted by molar-refractivity contribution is 5.08. The van der Waals surface area contributed by atoms with Gasteiger partial charge in [-0.25, -0.2) is 0 Å². The highest BCUT2D eigenvalue weighted by Gasteiger charge is 2.46. The van der Waals surface area contributed by atoms with E-state index < -0.39 is 0 Å². The molecule has 4 unspecified atom stereocenters. The van der Waals surface area contributed by atoms with E-state index >= 15 is 0 Å². The van der Waals surface area contributed by atoms with Gasteiger partial charge in [0.1, 0.15) is 0 Å². The van der Waals surface area contributed by atoms with Crippen molar-refractivity contribution in [3.63, 3.8) is 0 Å². The number of rotatable bonds is 1. The van der Waals surface area contributed by atoms with Crippen molar-refractivity contribution >= 4 is 0 Å². The summed E-state index contributed by atoms with van der Waals surface area (Å²) in [7, 11) is 1.83. The first-order chi connectivity index (χ1) is 9.36. The lowest BCUT2D eigenvalue weighted by molar-refractivity contribution is -0.0735. The first kappa shape index (κ1) is 12.2. The van der Waals surface area contributed by atoms with Gasteiger partial charge in [-0.15, -0.1) is 0 Å². The predicted molar refractivity (Wildman–Crippen MR) is 75.6 cm³/mol. The third kappa shape index (κ3) is 1.93. The lowest BCUT2D eigenvalue weighted by Gasteiger charge is -2.54. The summed E-state index contributed by atoms with van der Waals surface area (Å²) in [6.07, 6.45) is 11.2. The number of hydrogen-bond donors (Lipinski definition) is 0. The van der Waals surface area contributed by atoms with Crippen LogP contribution >= 0.6 is 0 Å². The Labute approximate surface area is 116 Å². The smallest absolute Gasteiger partial charge is 0.0918 e. The van der Waals surface area contributed by atoms with E-state index in [1.165, 1.54) is 63.9 Å². The summed E-state index contributed by atoms with van der Waals surface area (Å²) in [6, 6.07) is 0.854. The van der Waals surface area contributed by atoms with Gasteiger partial charge in [0.25, 0.3) is 0 Å². The van der Waals surface area contributed by atoms with Crippen molar-refractivity contribution in [3.8, 4) is 0 Å². The van der Waals surface area contributed by atoms with Crippen molar-refractivity contribution < 1.29 is 4.74 Å². The monoisotopic (exact) mass is 262 g/mol. The second-order valence-electron chi connectivity index (χ2n) is 6.78. The summed E-state index contributed by atoms with van der Waals surface area (Å²) in [5.41, 5.74) is 0. The number of fused-ring (bicyclic) bond motifs is 5. The van der Waals surface area contributed by atoms with Crippen LogP contribution in [-0.4, -0.2) is 48.8 Å². The molecule has 19 heavy (non-hydrogen) atoms. The normalized spacial score (nSPS) is 43.1. The Morgan fingerprint density at radius 1 is 1.16 bits per heavy atom. The summed E-state index contributed by atoms with van der Waals surface area (Å²) in [4.78, 5) is 5.60. The minimum Gasteiger partial charge on any atom is -0.501 e. The molecule has 0 aromatic rings. The molecule has 0 radical (unpaired) electrons. The summed E-state index contributed by atoms with van der Waals surface area (Å²) >= 11 is 0. The quantitative estimate of drug-likeness (QED) is 0.722. The molecule has 0 aromatic carbocycles. The van der Waals surface area contributed by atoms with Gasteiger partial charge in [-0.05, 0) is 56.6 Å². The molecule has 0 spiro atoms. The molecule has 0 aromatic heterocycles. The van der Waals surface area contributed by atoms with Gasteiger partial charge in [-0.2, -0.15) is 0 Å². The molecule has 3 fully saturated rings. The van der Waals surface area contributed by atoms with Gasteiger partial charge in [-0.1, -0.05) is 0 Å². The largest absolute Gasteiger partial charge is 0.501 e. The van der Waals surface area contributed by atoms with Crippen LogP contribution in [0.5, 0.6) is 0 Å². The van der Waals surface area contributed by atoms with Crippen LogP contribution in [0.4, 0.5) is 0 Å². The fraction of sp³-hybridized carbons (Fsp3) is 0.875. The minimum atomic E-state index is 0.785. The molecule has 0 N–H and O–H groups in total. The van der Waals surface area contributed by atoms with Crippen molar-refractivity contribution in [2.45, 2.75) is 50.7 Å². The van der Waals surface area contributed by atoms with Crippen LogP contribution in [0.25, 0.3) is 0 Å². The van der Waals surface area contributed by atoms with E-state index in [1.54, 1.807) is 0 Å². The highest BCUT2D eigenvalue weighted by atomic mass is 16.5. The van der Waals surface area contributed by atoms with Crippen LogP contribution in [0.1, 0.15) is 38.5 Å². The predicted octanol–water partition coefficient (Wildman–Crippen LogP) is 2.44. The zero-order chi connectivity index (χ0) is 12.8. The maximum Gasteiger partial charge on any atom is 0.0918 e. The molecule has 3 nitrogen and oxygen atoms in total. The van der Waals surface area contributed by atoms with Gasteiger partial charge < -0.3 is 4.74 Å². The maximum absolute atomic E-state index is 5.48. The van der Waals surface area contributed by atoms with E-state index in [4.69, 9.17) is 4.74 Å². The van der Waals surface area contributed by atoms with Gasteiger partial charge in [0.05, 0.1) is 19.0 Å². The minimum absolute atomic E-state index is 0.785. The standard InChI is InChI=1S/C16H26N2O/c1-19-13-4-5-14-12(11-13)6-10-18-15(14)7-9-17-8-2-3-16(17)18/h4,12,14-16H,2-3,5-11H2,1H3. The van der Waals surface area contributed by atoms with Crippen molar-refractivity contribution in [2.24, 2.45) is 11.8 Å². The van der Waals surface area contributed by atoms with Crippen LogP contribution in [0, 0.1) is 11.8 Å². The third-order valence-corrected chi connectivity index (χ3v) is 6.05. The zero-order valence-electron chi connectivity index (χ0n) is 12.1. The fourth-order valence-electron chi connectivity index (χ4n) is 5.13. The average molecular weight is 262 g/mol. The number of hydrogen-bond acceptors (Lipinski definition) is 3. The lowest BCUT2D eigenvalue weighted by Crippen LogP contribution is -2.61. The fourth-order valence-corrected chi connectivity index (χ4v) is 5.13. The van der Waals surface area contributed by atoms with Gasteiger partial charge in [0, 0.05) is 25.6 Å². The van der Waals surface area contributed by atoms with Crippen LogP contribution in [0.2, 0.25) is 0 Å². The summed E-state index contributed by atoms with van der Waals surface area (Å²) in [5, 5.41) is 0. The SMILES string of the molecule is COC1=CCC2C(CCN3C2CCN2CCCC23)C1. The van der Waals surface area contributed by atoms with E-state index in [0.717, 1.165) is 24.0 Å². The third-order valence-electron chi connectivity index (χ3n) is 6.05. The van der Waals surface area contributed by atoms with Crippen molar-refractivity contribution in [1.82, 2.24) is 9.80 Å². The van der Waals surface area contributed by atoms with E-state index in [2.05, 4.69) is 15.9 Å². The topological polar surface area (TPSA) is 15.7 Å². The molecule has 0 bridgehead atoms. The first-order valence-corrected chi connectivity index (χ1v) is 8.09. The van der Waals surface area contributed by atoms with Crippen molar-refractivity contribution in [1.29, 1.82) is 0 Å². The van der Waals surface area contributed by atoms with E-state index in [0.29, 0.717) is 0 Å². The molecule has 1 aliphatic carbocycles. The first-order valence-electron chi connectivity index (χ1n) is 8.09. The zero-order valence-corrected chi connectivity index (χ0v) is 12.1. The van der Waals surface area contributed by atoms with Crippen LogP contribution < -0.4 is 0 Å². The molecule has 4 rings (SSSR count). The summed E-state index contributed by atoms with van der Waals surface area (Å²) in [6.45, 7) is 4.01. The molecular formula is C16H26N2O. The number of allylic oxidation sites excluding steroid dienone is 2. The Bertz CT molecular complexity index is 381. The highest BCUT2D eigenvalue weighted by Crippen LogP contribution is 2.44. The molecule has 106 valence electrons. The molecule has 3 saturated heterocycles. The number of piperidine rings is 1. The van der Waals surface area contributed by atoms with Gasteiger partial charge in [-0.3, -0.25) is 9.80 Å². The Morgan fingerprint density at radius 2 is 2.11 bits per heavy atom. The van der Waals surface area contributed by atoms with Gasteiger partial charge in [0.2, 0.25) is 0 Å². The maximum atomic E-state index is 5.48. The molecule has 0 saturated carbocycles. The van der Waals surface area contributed by atoms with Crippen molar-refractivity contribution in [2.75, 3.05) is 26.7 Å². The van der Waals surface area contributed by atoms with Gasteiger partial charge in [0.15, 0.2) is 0 Å². The number of nitrogens with zero attached hydrogens (tertiary/aromatic N) is 2. The Morgan fingerprint density at radius 3 is 3.00 bits per heavy atom. The number of methoxy groups -OCH3 is 1. The van der Waals surface area contributed by atoms with Crippen LogP contribution in [0.3, 0.4) is 0 Å². The second-order valence-corrected chi connectivity index (χ2v) is 6.78. The van der Waals surface area contributed by atoms with Crippen LogP contribution in [-0.2, 0) is 4.74 Å². The van der Waals surface area contributed by atoms with Crippen LogP contribution in [0.15, 0.2) is 11.8 Å². The van der Waals surface area contributed by atoms with E-state index in [9.17, 15) is 0 Å². The summed E-state index contributed by atoms with van der Waals surface area (Å²) in [5.74, 6) is 3.03. The lowest BCUT2D eigenvalue weighted by atomic mass is 9.71. The van der Waals surface area contributed by atoms with E-state index in [-0.39, 0.29) is 0 Å². The second kappa shape index (κ2) is 4.78. The molecule has 3 heterocycles. The Hall–Kier alpha value is -0.540. The Kier molecular flexibility index (Phi) is 3.07. The van der Waals surface area contributed by atoms with Crippen molar-refractivity contribution in [3.05, 3.63) is 11.8 Å². The molecule has 0 amide bonds. The molecule has 3 aliphatic heterocycles. The molecule has 3 heteroatoms. The Balaban J connectivity index is 1.54.